The average molecular weight is 385 g/mol. The molecule has 0 amide bonds. The SMILES string of the molecule is CCNc1nc(C2CCCC(C)C2)nc(C2CC2)c1I. The van der Waals surface area contributed by atoms with Gasteiger partial charge in [-0.3, -0.25) is 0 Å². The summed E-state index contributed by atoms with van der Waals surface area (Å²) in [6, 6.07) is 0. The molecule has 110 valence electrons. The maximum atomic E-state index is 4.98. The van der Waals surface area contributed by atoms with Crippen molar-refractivity contribution in [3.05, 3.63) is 15.1 Å². The van der Waals surface area contributed by atoms with E-state index in [-0.39, 0.29) is 0 Å². The number of hydrogen-bond donors (Lipinski definition) is 1. The van der Waals surface area contributed by atoms with Crippen LogP contribution in [0.3, 0.4) is 0 Å². The van der Waals surface area contributed by atoms with Gasteiger partial charge < -0.3 is 5.32 Å². The first-order chi connectivity index (χ1) is 9.69. The fourth-order valence-electron chi connectivity index (χ4n) is 3.25. The average Bonchev–Trinajstić information content (AvgIpc) is 3.26. The summed E-state index contributed by atoms with van der Waals surface area (Å²) in [5, 5.41) is 3.43. The van der Waals surface area contributed by atoms with Gasteiger partial charge in [0.1, 0.15) is 11.6 Å². The van der Waals surface area contributed by atoms with E-state index in [4.69, 9.17) is 9.97 Å². The molecule has 0 aliphatic heterocycles. The van der Waals surface area contributed by atoms with Crippen LogP contribution in [0, 0.1) is 9.49 Å². The van der Waals surface area contributed by atoms with Crippen LogP contribution >= 0.6 is 22.6 Å². The molecule has 1 heterocycles. The lowest BCUT2D eigenvalue weighted by Crippen LogP contribution is -2.17. The van der Waals surface area contributed by atoms with Crippen LogP contribution < -0.4 is 5.32 Å². The normalized spacial score (nSPS) is 26.6. The Hall–Kier alpha value is -0.390. The smallest absolute Gasteiger partial charge is 0.143 e. The van der Waals surface area contributed by atoms with Crippen molar-refractivity contribution in [2.75, 3.05) is 11.9 Å². The van der Waals surface area contributed by atoms with E-state index in [9.17, 15) is 0 Å². The summed E-state index contributed by atoms with van der Waals surface area (Å²) in [5.41, 5.74) is 1.31. The summed E-state index contributed by atoms with van der Waals surface area (Å²) < 4.78 is 1.25. The third kappa shape index (κ3) is 3.10. The van der Waals surface area contributed by atoms with Crippen LogP contribution in [0.25, 0.3) is 0 Å². The molecule has 2 saturated carbocycles. The third-order valence-corrected chi connectivity index (χ3v) is 5.57. The molecule has 1 aromatic rings. The molecule has 2 fully saturated rings. The number of nitrogens with zero attached hydrogens (tertiary/aromatic N) is 2. The highest BCUT2D eigenvalue weighted by Crippen LogP contribution is 2.43. The first-order valence-electron chi connectivity index (χ1n) is 8.00. The van der Waals surface area contributed by atoms with Crippen LogP contribution in [-0.4, -0.2) is 16.5 Å². The quantitative estimate of drug-likeness (QED) is 0.765. The number of hydrogen-bond acceptors (Lipinski definition) is 3. The van der Waals surface area contributed by atoms with Crippen molar-refractivity contribution in [2.45, 2.75) is 64.2 Å². The molecule has 0 saturated heterocycles. The molecule has 2 aliphatic rings. The molecule has 3 rings (SSSR count). The summed E-state index contributed by atoms with van der Waals surface area (Å²) in [6.07, 6.45) is 7.84. The van der Waals surface area contributed by atoms with Crippen molar-refractivity contribution in [1.29, 1.82) is 0 Å². The first-order valence-corrected chi connectivity index (χ1v) is 9.08. The van der Waals surface area contributed by atoms with E-state index in [0.29, 0.717) is 11.8 Å². The van der Waals surface area contributed by atoms with Gasteiger partial charge in [0.15, 0.2) is 0 Å². The molecule has 1 N–H and O–H groups in total. The van der Waals surface area contributed by atoms with Crippen molar-refractivity contribution in [2.24, 2.45) is 5.92 Å². The first kappa shape index (κ1) is 14.5. The van der Waals surface area contributed by atoms with Crippen molar-refractivity contribution in [1.82, 2.24) is 9.97 Å². The molecule has 3 nitrogen and oxygen atoms in total. The van der Waals surface area contributed by atoms with Gasteiger partial charge in [-0.05, 0) is 61.1 Å². The van der Waals surface area contributed by atoms with Crippen molar-refractivity contribution >= 4 is 28.4 Å². The molecule has 2 unspecified atom stereocenters. The molecular weight excluding hydrogens is 361 g/mol. The Morgan fingerprint density at radius 3 is 2.60 bits per heavy atom. The van der Waals surface area contributed by atoms with Gasteiger partial charge in [-0.2, -0.15) is 0 Å². The summed E-state index contributed by atoms with van der Waals surface area (Å²) in [7, 11) is 0. The van der Waals surface area contributed by atoms with E-state index >= 15 is 0 Å². The zero-order chi connectivity index (χ0) is 14.1. The lowest BCUT2D eigenvalue weighted by Gasteiger charge is -2.26. The van der Waals surface area contributed by atoms with E-state index in [1.165, 1.54) is 47.8 Å². The molecule has 4 heteroatoms. The van der Waals surface area contributed by atoms with E-state index < -0.39 is 0 Å². The van der Waals surface area contributed by atoms with Gasteiger partial charge in [-0.1, -0.05) is 19.8 Å². The minimum atomic E-state index is 0.575. The van der Waals surface area contributed by atoms with Crippen molar-refractivity contribution < 1.29 is 0 Å². The molecule has 0 bridgehead atoms. The Bertz CT molecular complexity index is 485. The van der Waals surface area contributed by atoms with Gasteiger partial charge in [0.25, 0.3) is 0 Å². The Kier molecular flexibility index (Phi) is 4.48. The van der Waals surface area contributed by atoms with Crippen LogP contribution in [0.4, 0.5) is 5.82 Å². The Morgan fingerprint density at radius 2 is 1.95 bits per heavy atom. The van der Waals surface area contributed by atoms with E-state index in [1.807, 2.05) is 0 Å². The van der Waals surface area contributed by atoms with Crippen molar-refractivity contribution in [3.8, 4) is 0 Å². The number of halogens is 1. The number of anilines is 1. The minimum absolute atomic E-state index is 0.575. The number of aromatic nitrogens is 2. The highest BCUT2D eigenvalue weighted by Gasteiger charge is 2.31. The zero-order valence-electron chi connectivity index (χ0n) is 12.5. The van der Waals surface area contributed by atoms with Gasteiger partial charge in [0, 0.05) is 18.4 Å². The number of nitrogens with one attached hydrogen (secondary N) is 1. The second kappa shape index (κ2) is 6.16. The predicted molar refractivity (Wildman–Crippen MR) is 91.3 cm³/mol. The van der Waals surface area contributed by atoms with Gasteiger partial charge in [-0.25, -0.2) is 9.97 Å². The summed E-state index contributed by atoms with van der Waals surface area (Å²) in [6.45, 7) is 5.43. The molecule has 2 atom stereocenters. The monoisotopic (exact) mass is 385 g/mol. The minimum Gasteiger partial charge on any atom is -0.369 e. The highest BCUT2D eigenvalue weighted by molar-refractivity contribution is 14.1. The Morgan fingerprint density at radius 1 is 1.15 bits per heavy atom. The van der Waals surface area contributed by atoms with Crippen molar-refractivity contribution in [3.63, 3.8) is 0 Å². The standard InChI is InChI=1S/C16H24IN3/c1-3-18-16-13(17)14(11-7-8-11)19-15(20-16)12-6-4-5-10(2)9-12/h10-12H,3-9H2,1-2H3,(H,18,19,20). The van der Waals surface area contributed by atoms with E-state index in [2.05, 4.69) is 41.8 Å². The summed E-state index contributed by atoms with van der Waals surface area (Å²) >= 11 is 2.42. The molecular formula is C16H24IN3. The second-order valence-corrected chi connectivity index (χ2v) is 7.48. The summed E-state index contributed by atoms with van der Waals surface area (Å²) in [4.78, 5) is 9.84. The highest BCUT2D eigenvalue weighted by atomic mass is 127. The molecule has 0 aromatic carbocycles. The Balaban J connectivity index is 1.93. The van der Waals surface area contributed by atoms with Crippen LogP contribution in [0.2, 0.25) is 0 Å². The zero-order valence-corrected chi connectivity index (χ0v) is 14.6. The largest absolute Gasteiger partial charge is 0.369 e. The van der Waals surface area contributed by atoms with Gasteiger partial charge >= 0.3 is 0 Å². The molecule has 20 heavy (non-hydrogen) atoms. The lowest BCUT2D eigenvalue weighted by molar-refractivity contribution is 0.335. The summed E-state index contributed by atoms with van der Waals surface area (Å²) in [5.74, 6) is 4.27. The maximum Gasteiger partial charge on any atom is 0.143 e. The fourth-order valence-corrected chi connectivity index (χ4v) is 4.12. The third-order valence-electron chi connectivity index (χ3n) is 4.50. The molecule has 1 aromatic heterocycles. The molecule has 0 radical (unpaired) electrons. The maximum absolute atomic E-state index is 4.98. The van der Waals surface area contributed by atoms with Crippen LogP contribution in [0.15, 0.2) is 0 Å². The van der Waals surface area contributed by atoms with E-state index in [0.717, 1.165) is 24.1 Å². The molecule has 2 aliphatic carbocycles. The van der Waals surface area contributed by atoms with Gasteiger partial charge in [0.2, 0.25) is 0 Å². The Labute approximate surface area is 135 Å². The fraction of sp³-hybridized carbons (Fsp3) is 0.750. The van der Waals surface area contributed by atoms with E-state index in [1.54, 1.807) is 0 Å². The second-order valence-electron chi connectivity index (χ2n) is 6.40. The van der Waals surface area contributed by atoms with Crippen LogP contribution in [0.5, 0.6) is 0 Å². The van der Waals surface area contributed by atoms with Gasteiger partial charge in [-0.15, -0.1) is 0 Å². The van der Waals surface area contributed by atoms with Gasteiger partial charge in [0.05, 0.1) is 9.26 Å². The van der Waals surface area contributed by atoms with Crippen LogP contribution in [0.1, 0.15) is 75.7 Å². The lowest BCUT2D eigenvalue weighted by atomic mass is 9.82. The number of rotatable bonds is 4. The molecule has 0 spiro atoms. The predicted octanol–water partition coefficient (Wildman–Crippen LogP) is 4.68. The van der Waals surface area contributed by atoms with Crippen LogP contribution in [-0.2, 0) is 0 Å². The topological polar surface area (TPSA) is 37.8 Å².